The Morgan fingerprint density at radius 3 is 2.25 bits per heavy atom. The van der Waals surface area contributed by atoms with Crippen LogP contribution in [-0.4, -0.2) is 58.1 Å². The van der Waals surface area contributed by atoms with Crippen molar-refractivity contribution in [2.24, 2.45) is 7.05 Å². The van der Waals surface area contributed by atoms with Gasteiger partial charge in [-0.3, -0.25) is 0 Å². The first-order chi connectivity index (χ1) is 14.9. The van der Waals surface area contributed by atoms with Crippen molar-refractivity contribution in [3.8, 4) is 0 Å². The van der Waals surface area contributed by atoms with E-state index in [1.807, 2.05) is 23.7 Å². The Kier molecular flexibility index (Phi) is 6.63. The predicted molar refractivity (Wildman–Crippen MR) is 124 cm³/mol. The van der Waals surface area contributed by atoms with Gasteiger partial charge in [-0.25, -0.2) is 25.9 Å². The van der Waals surface area contributed by atoms with Crippen LogP contribution in [0.1, 0.15) is 5.69 Å². The van der Waals surface area contributed by atoms with Crippen LogP contribution in [-0.2, 0) is 26.9 Å². The number of anilines is 1. The Balaban J connectivity index is 1.64. The molecule has 2 amide bonds. The maximum atomic E-state index is 13.0. The summed E-state index contributed by atoms with van der Waals surface area (Å²) < 4.78 is 53.0. The molecular weight excluding hydrogens is 452 g/mol. The highest BCUT2D eigenvalue weighted by Crippen LogP contribution is 2.29. The van der Waals surface area contributed by atoms with Crippen LogP contribution in [0.4, 0.5) is 10.5 Å². The number of aromatic nitrogens is 1. The van der Waals surface area contributed by atoms with Gasteiger partial charge in [0, 0.05) is 50.0 Å². The van der Waals surface area contributed by atoms with Crippen LogP contribution in [0.25, 0.3) is 10.9 Å². The Bertz CT molecular complexity index is 1360. The van der Waals surface area contributed by atoms with Gasteiger partial charge in [0.15, 0.2) is 9.84 Å². The standard InChI is InChI=1S/C21H26N4O5S2/c1-15-20(18-7-5-6-8-19(18)25(15)4)31(27,28)14-13-22-21(26)23-16-9-11-17(12-10-16)32(29,30)24(2)3/h5-12H,13-14H2,1-4H3,(H2,22,23,26). The van der Waals surface area contributed by atoms with Crippen LogP contribution < -0.4 is 10.6 Å². The van der Waals surface area contributed by atoms with Gasteiger partial charge in [-0.1, -0.05) is 18.2 Å². The first-order valence-electron chi connectivity index (χ1n) is 9.79. The first kappa shape index (κ1) is 23.8. The van der Waals surface area contributed by atoms with Crippen molar-refractivity contribution in [1.82, 2.24) is 14.2 Å². The third-order valence-electron chi connectivity index (χ3n) is 5.20. The minimum atomic E-state index is -3.63. The summed E-state index contributed by atoms with van der Waals surface area (Å²) in [5.41, 5.74) is 1.85. The van der Waals surface area contributed by atoms with Crippen molar-refractivity contribution >= 4 is 42.5 Å². The van der Waals surface area contributed by atoms with Crippen molar-refractivity contribution in [3.63, 3.8) is 0 Å². The fourth-order valence-corrected chi connectivity index (χ4v) is 5.95. The van der Waals surface area contributed by atoms with Gasteiger partial charge in [0.2, 0.25) is 10.0 Å². The summed E-state index contributed by atoms with van der Waals surface area (Å²) in [7, 11) is -2.51. The highest BCUT2D eigenvalue weighted by Gasteiger charge is 2.24. The Morgan fingerprint density at radius 2 is 1.62 bits per heavy atom. The molecule has 0 saturated heterocycles. The smallest absolute Gasteiger partial charge is 0.319 e. The Morgan fingerprint density at radius 1 is 1.00 bits per heavy atom. The molecule has 2 aromatic carbocycles. The van der Waals surface area contributed by atoms with Gasteiger partial charge in [0.25, 0.3) is 0 Å². The fourth-order valence-electron chi connectivity index (χ4n) is 3.38. The van der Waals surface area contributed by atoms with Crippen LogP contribution in [0.5, 0.6) is 0 Å². The lowest BCUT2D eigenvalue weighted by atomic mass is 10.2. The van der Waals surface area contributed by atoms with Gasteiger partial charge in [0.05, 0.1) is 15.5 Å². The highest BCUT2D eigenvalue weighted by molar-refractivity contribution is 7.91. The predicted octanol–water partition coefficient (Wildman–Crippen LogP) is 2.33. The van der Waals surface area contributed by atoms with E-state index in [9.17, 15) is 21.6 Å². The average molecular weight is 479 g/mol. The monoisotopic (exact) mass is 478 g/mol. The fraction of sp³-hybridized carbons (Fsp3) is 0.286. The van der Waals surface area contributed by atoms with Crippen LogP contribution in [0.2, 0.25) is 0 Å². The van der Waals surface area contributed by atoms with E-state index in [1.165, 1.54) is 38.4 Å². The zero-order valence-corrected chi connectivity index (χ0v) is 19.9. The molecular formula is C21H26N4O5S2. The van der Waals surface area contributed by atoms with Crippen molar-refractivity contribution in [2.45, 2.75) is 16.7 Å². The quantitative estimate of drug-likeness (QED) is 0.540. The zero-order valence-electron chi connectivity index (χ0n) is 18.3. The lowest BCUT2D eigenvalue weighted by Crippen LogP contribution is -2.33. The molecule has 0 atom stereocenters. The number of fused-ring (bicyclic) bond motifs is 1. The molecule has 0 aliphatic heterocycles. The van der Waals surface area contributed by atoms with E-state index in [0.29, 0.717) is 16.8 Å². The molecule has 3 aromatic rings. The van der Waals surface area contributed by atoms with E-state index < -0.39 is 25.9 Å². The topological polar surface area (TPSA) is 118 Å². The molecule has 9 nitrogen and oxygen atoms in total. The number of para-hydroxylation sites is 1. The molecule has 172 valence electrons. The summed E-state index contributed by atoms with van der Waals surface area (Å²) in [6.07, 6.45) is 0. The first-order valence-corrected chi connectivity index (χ1v) is 12.9. The van der Waals surface area contributed by atoms with E-state index in [4.69, 9.17) is 0 Å². The summed E-state index contributed by atoms with van der Waals surface area (Å²) in [6, 6.07) is 12.4. The second kappa shape index (κ2) is 8.93. The summed E-state index contributed by atoms with van der Waals surface area (Å²) in [5, 5.41) is 5.75. The number of urea groups is 1. The number of carbonyl (C=O) groups is 1. The molecule has 3 rings (SSSR count). The molecule has 0 spiro atoms. The molecule has 0 aliphatic carbocycles. The van der Waals surface area contributed by atoms with Gasteiger partial charge in [-0.05, 0) is 37.3 Å². The molecule has 2 N–H and O–H groups in total. The van der Waals surface area contributed by atoms with Gasteiger partial charge in [0.1, 0.15) is 0 Å². The Labute approximate surface area is 188 Å². The lowest BCUT2D eigenvalue weighted by Gasteiger charge is -2.12. The van der Waals surface area contributed by atoms with E-state index in [1.54, 1.807) is 19.1 Å². The summed E-state index contributed by atoms with van der Waals surface area (Å²) >= 11 is 0. The van der Waals surface area contributed by atoms with Crippen molar-refractivity contribution in [1.29, 1.82) is 0 Å². The highest BCUT2D eigenvalue weighted by atomic mass is 32.2. The number of sulfonamides is 1. The zero-order chi connectivity index (χ0) is 23.7. The van der Waals surface area contributed by atoms with E-state index in [0.717, 1.165) is 9.82 Å². The molecule has 1 aromatic heterocycles. The van der Waals surface area contributed by atoms with Gasteiger partial charge in [-0.2, -0.15) is 0 Å². The number of hydrogen-bond acceptors (Lipinski definition) is 5. The van der Waals surface area contributed by atoms with Crippen LogP contribution >= 0.6 is 0 Å². The SMILES string of the molecule is Cc1c(S(=O)(=O)CCNC(=O)Nc2ccc(S(=O)(=O)N(C)C)cc2)c2ccccc2n1C. The molecule has 11 heteroatoms. The number of nitrogens with zero attached hydrogens (tertiary/aromatic N) is 2. The molecule has 0 fully saturated rings. The third-order valence-corrected chi connectivity index (χ3v) is 8.91. The van der Waals surface area contributed by atoms with E-state index in [2.05, 4.69) is 10.6 Å². The number of benzene rings is 2. The minimum absolute atomic E-state index is 0.0794. The van der Waals surface area contributed by atoms with Crippen molar-refractivity contribution in [3.05, 3.63) is 54.2 Å². The van der Waals surface area contributed by atoms with Gasteiger partial charge < -0.3 is 15.2 Å². The number of aryl methyl sites for hydroxylation is 1. The average Bonchev–Trinajstić information content (AvgIpc) is 2.99. The van der Waals surface area contributed by atoms with Crippen LogP contribution in [0.3, 0.4) is 0 Å². The molecule has 0 radical (unpaired) electrons. The molecule has 0 aliphatic rings. The number of sulfone groups is 1. The summed E-state index contributed by atoms with van der Waals surface area (Å²) in [5.74, 6) is -0.255. The second-order valence-corrected chi connectivity index (χ2v) is 11.7. The normalized spacial score (nSPS) is 12.3. The maximum Gasteiger partial charge on any atom is 0.319 e. The molecule has 1 heterocycles. The van der Waals surface area contributed by atoms with Crippen molar-refractivity contribution < 1.29 is 21.6 Å². The maximum absolute atomic E-state index is 13.0. The third kappa shape index (κ3) is 4.64. The van der Waals surface area contributed by atoms with Crippen LogP contribution in [0, 0.1) is 6.92 Å². The number of nitrogens with one attached hydrogen (secondary N) is 2. The largest absolute Gasteiger partial charge is 0.347 e. The molecule has 0 saturated carbocycles. The van der Waals surface area contributed by atoms with E-state index >= 15 is 0 Å². The second-order valence-electron chi connectivity index (χ2n) is 7.50. The lowest BCUT2D eigenvalue weighted by molar-refractivity contribution is 0.252. The molecule has 32 heavy (non-hydrogen) atoms. The van der Waals surface area contributed by atoms with Gasteiger partial charge in [-0.15, -0.1) is 0 Å². The Hall–Kier alpha value is -2.89. The van der Waals surface area contributed by atoms with E-state index in [-0.39, 0.29) is 22.1 Å². The van der Waals surface area contributed by atoms with Gasteiger partial charge >= 0.3 is 6.03 Å². The van der Waals surface area contributed by atoms with Crippen LogP contribution in [0.15, 0.2) is 58.3 Å². The summed E-state index contributed by atoms with van der Waals surface area (Å²) in [4.78, 5) is 12.5. The molecule has 0 bridgehead atoms. The number of carbonyl (C=O) groups excluding carboxylic acids is 1. The molecule has 0 unspecified atom stereocenters. The van der Waals surface area contributed by atoms with Crippen molar-refractivity contribution in [2.75, 3.05) is 31.7 Å². The summed E-state index contributed by atoms with van der Waals surface area (Å²) in [6.45, 7) is 1.68. The number of rotatable bonds is 7. The number of hydrogen-bond donors (Lipinski definition) is 2. The minimum Gasteiger partial charge on any atom is -0.347 e. The number of amides is 2.